The monoisotopic (exact) mass is 346 g/mol. The van der Waals surface area contributed by atoms with E-state index in [9.17, 15) is 13.2 Å². The highest BCUT2D eigenvalue weighted by Gasteiger charge is 2.19. The molecule has 0 bridgehead atoms. The molecule has 1 heterocycles. The molecule has 0 aliphatic heterocycles. The van der Waals surface area contributed by atoms with Crippen LogP contribution < -0.4 is 5.32 Å². The molecule has 0 spiro atoms. The Bertz CT molecular complexity index is 901. The lowest BCUT2D eigenvalue weighted by atomic mass is 10.3. The van der Waals surface area contributed by atoms with Crippen molar-refractivity contribution in [2.75, 3.05) is 11.1 Å². The van der Waals surface area contributed by atoms with Gasteiger partial charge in [0.15, 0.2) is 9.84 Å². The number of carbonyl (C=O) groups is 1. The topological polar surface area (TPSA) is 76.1 Å². The summed E-state index contributed by atoms with van der Waals surface area (Å²) in [5.74, 6) is -1.33. The van der Waals surface area contributed by atoms with E-state index in [1.54, 1.807) is 24.3 Å². The number of rotatable bonds is 5. The summed E-state index contributed by atoms with van der Waals surface area (Å²) >= 11 is 1.33. The van der Waals surface area contributed by atoms with Crippen molar-refractivity contribution < 1.29 is 13.2 Å². The average molecular weight is 346 g/mol. The van der Waals surface area contributed by atoms with Crippen molar-refractivity contribution in [3.05, 3.63) is 59.6 Å². The molecule has 1 amide bonds. The average Bonchev–Trinajstić information content (AvgIpc) is 2.88. The van der Waals surface area contributed by atoms with Crippen molar-refractivity contribution in [3.8, 4) is 0 Å². The summed E-state index contributed by atoms with van der Waals surface area (Å²) in [5, 5.41) is 3.07. The van der Waals surface area contributed by atoms with Crippen LogP contribution in [-0.4, -0.2) is 25.1 Å². The van der Waals surface area contributed by atoms with Gasteiger partial charge in [-0.15, -0.1) is 11.3 Å². The number of anilines is 1. The number of thiazole rings is 1. The maximum absolute atomic E-state index is 12.2. The van der Waals surface area contributed by atoms with Gasteiger partial charge in [-0.05, 0) is 24.3 Å². The molecule has 5 nitrogen and oxygen atoms in total. The molecule has 3 rings (SSSR count). The number of aromatic nitrogens is 1. The number of nitrogens with one attached hydrogen (secondary N) is 1. The number of hydrogen-bond acceptors (Lipinski definition) is 5. The molecule has 23 heavy (non-hydrogen) atoms. The summed E-state index contributed by atoms with van der Waals surface area (Å²) in [6, 6.07) is 16.2. The zero-order valence-corrected chi connectivity index (χ0v) is 13.7. The number of nitrogens with zero attached hydrogens (tertiary/aromatic N) is 1. The second-order valence-electron chi connectivity index (χ2n) is 5.02. The Morgan fingerprint density at radius 3 is 2.48 bits per heavy atom. The third kappa shape index (κ3) is 4.14. The summed E-state index contributed by atoms with van der Waals surface area (Å²) in [6.45, 7) is 0. The SMILES string of the molecule is O=C(CS(=O)(=O)Cc1nc2ccccc2s1)Nc1ccccc1. The minimum Gasteiger partial charge on any atom is -0.325 e. The molecular weight excluding hydrogens is 332 g/mol. The van der Waals surface area contributed by atoms with Crippen molar-refractivity contribution in [3.63, 3.8) is 0 Å². The minimum absolute atomic E-state index is 0.228. The van der Waals surface area contributed by atoms with Gasteiger partial charge in [0.05, 0.1) is 10.2 Å². The first kappa shape index (κ1) is 15.6. The standard InChI is InChI=1S/C16H14N2O3S2/c19-15(17-12-6-2-1-3-7-12)10-23(20,21)11-16-18-13-8-4-5-9-14(13)22-16/h1-9H,10-11H2,(H,17,19). The smallest absolute Gasteiger partial charge is 0.239 e. The molecule has 3 aromatic rings. The second-order valence-corrected chi connectivity index (χ2v) is 8.20. The molecule has 7 heteroatoms. The number of sulfone groups is 1. The highest BCUT2D eigenvalue weighted by Crippen LogP contribution is 2.23. The molecule has 0 aliphatic carbocycles. The van der Waals surface area contributed by atoms with E-state index in [0.717, 1.165) is 10.2 Å². The molecule has 0 fully saturated rings. The highest BCUT2D eigenvalue weighted by molar-refractivity contribution is 7.91. The van der Waals surface area contributed by atoms with E-state index in [-0.39, 0.29) is 5.75 Å². The Balaban J connectivity index is 1.68. The maximum atomic E-state index is 12.2. The van der Waals surface area contributed by atoms with Gasteiger partial charge in [-0.2, -0.15) is 0 Å². The van der Waals surface area contributed by atoms with Gasteiger partial charge in [0, 0.05) is 5.69 Å². The number of amides is 1. The summed E-state index contributed by atoms with van der Waals surface area (Å²) in [6.07, 6.45) is 0. The van der Waals surface area contributed by atoms with Crippen molar-refractivity contribution in [2.45, 2.75) is 5.75 Å². The van der Waals surface area contributed by atoms with Gasteiger partial charge >= 0.3 is 0 Å². The zero-order valence-electron chi connectivity index (χ0n) is 12.1. The van der Waals surface area contributed by atoms with Crippen molar-refractivity contribution >= 4 is 43.0 Å². The van der Waals surface area contributed by atoms with Crippen molar-refractivity contribution in [1.82, 2.24) is 4.98 Å². The van der Waals surface area contributed by atoms with E-state index in [1.807, 2.05) is 30.3 Å². The molecule has 0 saturated heterocycles. The maximum Gasteiger partial charge on any atom is 0.239 e. The van der Waals surface area contributed by atoms with Gasteiger partial charge in [-0.25, -0.2) is 13.4 Å². The summed E-state index contributed by atoms with van der Waals surface area (Å²) in [4.78, 5) is 16.2. The second kappa shape index (κ2) is 6.47. The lowest BCUT2D eigenvalue weighted by Gasteiger charge is -2.05. The number of hydrogen-bond donors (Lipinski definition) is 1. The van der Waals surface area contributed by atoms with Gasteiger partial charge in [0.1, 0.15) is 16.5 Å². The van der Waals surface area contributed by atoms with Crippen LogP contribution in [0, 0.1) is 0 Å². The van der Waals surface area contributed by atoms with E-state index in [0.29, 0.717) is 10.7 Å². The Morgan fingerprint density at radius 2 is 1.74 bits per heavy atom. The number of benzene rings is 2. The van der Waals surface area contributed by atoms with Gasteiger partial charge in [0.25, 0.3) is 0 Å². The van der Waals surface area contributed by atoms with E-state index in [4.69, 9.17) is 0 Å². The zero-order chi connectivity index (χ0) is 16.3. The molecule has 1 aromatic heterocycles. The highest BCUT2D eigenvalue weighted by atomic mass is 32.2. The molecule has 2 aromatic carbocycles. The van der Waals surface area contributed by atoms with Crippen LogP contribution in [0.4, 0.5) is 5.69 Å². The third-order valence-corrected chi connectivity index (χ3v) is 5.72. The minimum atomic E-state index is -3.57. The largest absolute Gasteiger partial charge is 0.325 e. The van der Waals surface area contributed by atoms with Crippen LogP contribution in [0.15, 0.2) is 54.6 Å². The fourth-order valence-electron chi connectivity index (χ4n) is 2.14. The molecule has 0 aliphatic rings. The van der Waals surface area contributed by atoms with Crippen LogP contribution in [0.2, 0.25) is 0 Å². The van der Waals surface area contributed by atoms with Crippen molar-refractivity contribution in [2.24, 2.45) is 0 Å². The predicted octanol–water partition coefficient (Wildman–Crippen LogP) is 2.85. The normalized spacial score (nSPS) is 11.5. The Morgan fingerprint density at radius 1 is 1.04 bits per heavy atom. The first-order valence-electron chi connectivity index (χ1n) is 6.92. The van der Waals surface area contributed by atoms with E-state index in [2.05, 4.69) is 10.3 Å². The van der Waals surface area contributed by atoms with Crippen LogP contribution in [0.1, 0.15) is 5.01 Å². The van der Waals surface area contributed by atoms with Crippen LogP contribution in [0.5, 0.6) is 0 Å². The van der Waals surface area contributed by atoms with Crippen LogP contribution >= 0.6 is 11.3 Å². The predicted molar refractivity (Wildman–Crippen MR) is 92.2 cm³/mol. The number of carbonyl (C=O) groups excluding carboxylic acids is 1. The van der Waals surface area contributed by atoms with Gasteiger partial charge in [-0.3, -0.25) is 4.79 Å². The lowest BCUT2D eigenvalue weighted by Crippen LogP contribution is -2.23. The fourth-order valence-corrected chi connectivity index (χ4v) is 4.69. The van der Waals surface area contributed by atoms with E-state index >= 15 is 0 Å². The Kier molecular flexibility index (Phi) is 4.40. The quantitative estimate of drug-likeness (QED) is 0.771. The van der Waals surface area contributed by atoms with Crippen LogP contribution in [0.3, 0.4) is 0 Å². The van der Waals surface area contributed by atoms with E-state index in [1.165, 1.54) is 11.3 Å². The third-order valence-electron chi connectivity index (χ3n) is 3.09. The Labute approximate surface area is 137 Å². The first-order valence-corrected chi connectivity index (χ1v) is 9.55. The summed E-state index contributed by atoms with van der Waals surface area (Å²) in [7, 11) is -3.57. The van der Waals surface area contributed by atoms with Gasteiger partial charge in [0.2, 0.25) is 5.91 Å². The first-order chi connectivity index (χ1) is 11.0. The molecule has 0 atom stereocenters. The van der Waals surface area contributed by atoms with Crippen LogP contribution in [0.25, 0.3) is 10.2 Å². The summed E-state index contributed by atoms with van der Waals surface area (Å²) in [5.41, 5.74) is 1.35. The van der Waals surface area contributed by atoms with Gasteiger partial charge < -0.3 is 5.32 Å². The molecule has 118 valence electrons. The van der Waals surface area contributed by atoms with Crippen molar-refractivity contribution in [1.29, 1.82) is 0 Å². The number of para-hydroxylation sites is 2. The molecule has 1 N–H and O–H groups in total. The van der Waals surface area contributed by atoms with Gasteiger partial charge in [-0.1, -0.05) is 30.3 Å². The molecule has 0 unspecified atom stereocenters. The lowest BCUT2D eigenvalue weighted by molar-refractivity contribution is -0.113. The number of fused-ring (bicyclic) bond motifs is 1. The molecule has 0 radical (unpaired) electrons. The van der Waals surface area contributed by atoms with Crippen LogP contribution in [-0.2, 0) is 20.4 Å². The summed E-state index contributed by atoms with van der Waals surface area (Å²) < 4.78 is 25.3. The fraction of sp³-hybridized carbons (Fsp3) is 0.125. The van der Waals surface area contributed by atoms with E-state index < -0.39 is 21.5 Å². The molecule has 0 saturated carbocycles. The molecular formula is C16H14N2O3S2. The Hall–Kier alpha value is -2.25.